The molecule has 0 saturated carbocycles. The number of methoxy groups -OCH3 is 1. The van der Waals surface area contributed by atoms with Gasteiger partial charge >= 0.3 is 0 Å². The molecule has 4 rings (SSSR count). The lowest BCUT2D eigenvalue weighted by atomic mass is 10.2. The van der Waals surface area contributed by atoms with Crippen LogP contribution in [0, 0.1) is 5.82 Å². The van der Waals surface area contributed by atoms with Crippen molar-refractivity contribution in [3.8, 4) is 5.69 Å². The van der Waals surface area contributed by atoms with Gasteiger partial charge in [-0.2, -0.15) is 5.10 Å². The predicted octanol–water partition coefficient (Wildman–Crippen LogP) is 1.52. The Morgan fingerprint density at radius 2 is 2.18 bits per heavy atom. The molecule has 1 aliphatic rings. The monoisotopic (exact) mass is 403 g/mol. The molecular formula is C18H18FN5O3S. The number of ether oxygens (including phenoxy) is 1. The molecule has 1 aliphatic heterocycles. The number of fused-ring (bicyclic) bond motifs is 2. The van der Waals surface area contributed by atoms with Crippen molar-refractivity contribution < 1.29 is 13.9 Å². The predicted molar refractivity (Wildman–Crippen MR) is 102 cm³/mol. The van der Waals surface area contributed by atoms with Crippen LogP contribution in [0.5, 0.6) is 0 Å². The third kappa shape index (κ3) is 3.40. The Bertz CT molecular complexity index is 1080. The van der Waals surface area contributed by atoms with Crippen molar-refractivity contribution in [2.75, 3.05) is 26.0 Å². The fraction of sp³-hybridized carbons (Fsp3) is 0.333. The first-order chi connectivity index (χ1) is 13.6. The number of benzene rings is 1. The molecule has 1 atom stereocenters. The van der Waals surface area contributed by atoms with Gasteiger partial charge in [-0.15, -0.1) is 0 Å². The van der Waals surface area contributed by atoms with Crippen molar-refractivity contribution in [3.05, 3.63) is 46.6 Å². The second-order valence-corrected chi connectivity index (χ2v) is 7.34. The summed E-state index contributed by atoms with van der Waals surface area (Å²) in [6.45, 7) is 0.866. The summed E-state index contributed by atoms with van der Waals surface area (Å²) < 4.78 is 21.2. The largest absolute Gasteiger partial charge is 0.383 e. The van der Waals surface area contributed by atoms with Gasteiger partial charge in [-0.3, -0.25) is 14.2 Å². The van der Waals surface area contributed by atoms with Gasteiger partial charge in [-0.05, 0) is 24.3 Å². The average molecular weight is 403 g/mol. The third-order valence-corrected chi connectivity index (χ3v) is 5.59. The van der Waals surface area contributed by atoms with E-state index in [2.05, 4.69) is 15.4 Å². The van der Waals surface area contributed by atoms with E-state index in [-0.39, 0.29) is 29.7 Å². The number of carbonyl (C=O) groups is 1. The van der Waals surface area contributed by atoms with Crippen molar-refractivity contribution in [1.82, 2.24) is 24.6 Å². The SMILES string of the molecule is COCCNC(=O)C[C@H]1CSc2nc3c(cnn3-c3ccc(F)cc3)c(=O)n21. The molecule has 1 aromatic carbocycles. The number of amides is 1. The Morgan fingerprint density at radius 1 is 1.39 bits per heavy atom. The molecule has 2 aromatic heterocycles. The number of hydrogen-bond donors (Lipinski definition) is 1. The molecule has 8 nitrogen and oxygen atoms in total. The minimum absolute atomic E-state index is 0.135. The van der Waals surface area contributed by atoms with Crippen LogP contribution in [0.25, 0.3) is 16.7 Å². The maximum atomic E-state index is 13.2. The molecule has 0 spiro atoms. The normalized spacial score (nSPS) is 15.7. The van der Waals surface area contributed by atoms with Crippen molar-refractivity contribution >= 4 is 28.7 Å². The van der Waals surface area contributed by atoms with Crippen molar-refractivity contribution in [3.63, 3.8) is 0 Å². The Balaban J connectivity index is 1.65. The fourth-order valence-corrected chi connectivity index (χ4v) is 4.26. The summed E-state index contributed by atoms with van der Waals surface area (Å²) in [5.41, 5.74) is 0.805. The van der Waals surface area contributed by atoms with E-state index in [4.69, 9.17) is 4.74 Å². The Labute approximate surface area is 163 Å². The first-order valence-electron chi connectivity index (χ1n) is 8.73. The van der Waals surface area contributed by atoms with Crippen LogP contribution in [0.2, 0.25) is 0 Å². The molecule has 0 aliphatic carbocycles. The number of hydrogen-bond acceptors (Lipinski definition) is 6. The zero-order valence-electron chi connectivity index (χ0n) is 15.1. The quantitative estimate of drug-likeness (QED) is 0.496. The van der Waals surface area contributed by atoms with Crippen LogP contribution in [-0.2, 0) is 9.53 Å². The molecule has 1 N–H and O–H groups in total. The van der Waals surface area contributed by atoms with Gasteiger partial charge in [0.2, 0.25) is 5.91 Å². The zero-order valence-corrected chi connectivity index (χ0v) is 15.9. The molecule has 146 valence electrons. The second kappa shape index (κ2) is 7.72. The minimum Gasteiger partial charge on any atom is -0.383 e. The summed E-state index contributed by atoms with van der Waals surface area (Å²) in [6.07, 6.45) is 1.66. The van der Waals surface area contributed by atoms with E-state index < -0.39 is 0 Å². The number of halogens is 1. The maximum absolute atomic E-state index is 13.2. The Morgan fingerprint density at radius 3 is 2.93 bits per heavy atom. The molecule has 3 aromatic rings. The number of nitrogens with one attached hydrogen (secondary N) is 1. The van der Waals surface area contributed by atoms with Gasteiger partial charge < -0.3 is 10.1 Å². The van der Waals surface area contributed by atoms with E-state index >= 15 is 0 Å². The summed E-state index contributed by atoms with van der Waals surface area (Å²) in [7, 11) is 1.57. The van der Waals surface area contributed by atoms with Crippen LogP contribution < -0.4 is 10.9 Å². The van der Waals surface area contributed by atoms with Crippen molar-refractivity contribution in [2.45, 2.75) is 17.6 Å². The highest BCUT2D eigenvalue weighted by atomic mass is 32.2. The van der Waals surface area contributed by atoms with E-state index in [9.17, 15) is 14.0 Å². The Kier molecular flexibility index (Phi) is 5.14. The summed E-state index contributed by atoms with van der Waals surface area (Å²) in [6, 6.07) is 5.55. The molecule has 10 heteroatoms. The smallest absolute Gasteiger partial charge is 0.265 e. The minimum atomic E-state index is -0.351. The van der Waals surface area contributed by atoms with Crippen LogP contribution in [0.3, 0.4) is 0 Å². The van der Waals surface area contributed by atoms with Crippen LogP contribution >= 0.6 is 11.8 Å². The fourth-order valence-electron chi connectivity index (χ4n) is 3.13. The molecule has 0 bridgehead atoms. The lowest BCUT2D eigenvalue weighted by Gasteiger charge is -2.13. The first-order valence-corrected chi connectivity index (χ1v) is 9.71. The van der Waals surface area contributed by atoms with Gasteiger partial charge in [0.1, 0.15) is 11.2 Å². The summed E-state index contributed by atoms with van der Waals surface area (Å²) in [5.74, 6) is 0.108. The average Bonchev–Trinajstić information content (AvgIpc) is 3.28. The summed E-state index contributed by atoms with van der Waals surface area (Å²) in [5, 5.41) is 7.93. The van der Waals surface area contributed by atoms with Crippen LogP contribution in [0.1, 0.15) is 12.5 Å². The highest BCUT2D eigenvalue weighted by Gasteiger charge is 2.29. The summed E-state index contributed by atoms with van der Waals surface area (Å²) >= 11 is 1.43. The number of aromatic nitrogens is 4. The van der Waals surface area contributed by atoms with E-state index in [0.29, 0.717) is 40.8 Å². The molecule has 28 heavy (non-hydrogen) atoms. The van der Waals surface area contributed by atoms with Gasteiger partial charge in [0, 0.05) is 25.8 Å². The van der Waals surface area contributed by atoms with Crippen LogP contribution in [0.15, 0.2) is 40.4 Å². The first kappa shape index (κ1) is 18.6. The van der Waals surface area contributed by atoms with Gasteiger partial charge in [-0.1, -0.05) is 11.8 Å². The van der Waals surface area contributed by atoms with Crippen LogP contribution in [-0.4, -0.2) is 51.3 Å². The highest BCUT2D eigenvalue weighted by Crippen LogP contribution is 2.33. The molecule has 1 amide bonds. The van der Waals surface area contributed by atoms with Crippen molar-refractivity contribution in [1.29, 1.82) is 0 Å². The zero-order chi connectivity index (χ0) is 19.7. The van der Waals surface area contributed by atoms with E-state index in [0.717, 1.165) is 0 Å². The number of thioether (sulfide) groups is 1. The molecule has 0 radical (unpaired) electrons. The molecule has 0 unspecified atom stereocenters. The van der Waals surface area contributed by atoms with Gasteiger partial charge in [0.05, 0.1) is 24.5 Å². The lowest BCUT2D eigenvalue weighted by Crippen LogP contribution is -2.32. The van der Waals surface area contributed by atoms with Crippen molar-refractivity contribution in [2.24, 2.45) is 0 Å². The molecule has 0 fully saturated rings. The Hall–Kier alpha value is -2.72. The van der Waals surface area contributed by atoms with Gasteiger partial charge in [-0.25, -0.2) is 14.1 Å². The lowest BCUT2D eigenvalue weighted by molar-refractivity contribution is -0.121. The number of rotatable bonds is 6. The van der Waals surface area contributed by atoms with Gasteiger partial charge in [0.15, 0.2) is 10.8 Å². The molecule has 3 heterocycles. The maximum Gasteiger partial charge on any atom is 0.265 e. The van der Waals surface area contributed by atoms with Gasteiger partial charge in [0.25, 0.3) is 5.56 Å². The topological polar surface area (TPSA) is 91.0 Å². The third-order valence-electron chi connectivity index (χ3n) is 4.49. The highest BCUT2D eigenvalue weighted by molar-refractivity contribution is 7.99. The second-order valence-electron chi connectivity index (χ2n) is 6.35. The van der Waals surface area contributed by atoms with E-state index in [1.165, 1.54) is 34.8 Å². The molecular weight excluding hydrogens is 385 g/mol. The van der Waals surface area contributed by atoms with E-state index in [1.807, 2.05) is 0 Å². The standard InChI is InChI=1S/C18H18FN5O3S/c1-27-7-6-20-15(25)8-13-10-28-18-22-16-14(17(26)23(13)18)9-21-24(16)12-4-2-11(19)3-5-12/h2-5,9,13H,6-8,10H2,1H3,(H,20,25)/t13-/m0/s1. The number of nitrogens with zero attached hydrogens (tertiary/aromatic N) is 4. The summed E-state index contributed by atoms with van der Waals surface area (Å²) in [4.78, 5) is 29.7. The number of carbonyl (C=O) groups excluding carboxylic acids is 1. The van der Waals surface area contributed by atoms with E-state index in [1.54, 1.807) is 23.8 Å². The molecule has 0 saturated heterocycles. The van der Waals surface area contributed by atoms with Crippen LogP contribution in [0.4, 0.5) is 4.39 Å².